The lowest BCUT2D eigenvalue weighted by Gasteiger charge is -2.06. The Morgan fingerprint density at radius 2 is 2.07 bits per heavy atom. The highest BCUT2D eigenvalue weighted by atomic mass is 19.4. The van der Waals surface area contributed by atoms with Gasteiger partial charge < -0.3 is 5.11 Å². The highest BCUT2D eigenvalue weighted by Crippen LogP contribution is 2.24. The monoisotopic (exact) mass is 218 g/mol. The summed E-state index contributed by atoms with van der Waals surface area (Å²) >= 11 is 0. The van der Waals surface area contributed by atoms with E-state index in [-0.39, 0.29) is 12.0 Å². The summed E-state index contributed by atoms with van der Waals surface area (Å²) in [5.41, 5.74) is -1.27. The van der Waals surface area contributed by atoms with E-state index in [2.05, 4.69) is 9.97 Å². The van der Waals surface area contributed by atoms with Crippen molar-refractivity contribution in [3.05, 3.63) is 30.5 Å². The molecule has 0 atom stereocenters. The Kier molecular flexibility index (Phi) is 3.03. The molecule has 1 N–H and O–H groups in total. The molecule has 80 valence electrons. The minimum Gasteiger partial charge on any atom is -0.515 e. The fourth-order valence-electron chi connectivity index (χ4n) is 0.832. The Morgan fingerprint density at radius 1 is 1.40 bits per heavy atom. The molecule has 0 bridgehead atoms. The van der Waals surface area contributed by atoms with Crippen molar-refractivity contribution in [2.45, 2.75) is 6.18 Å². The molecule has 1 aromatic heterocycles. The van der Waals surface area contributed by atoms with Crippen molar-refractivity contribution >= 4 is 11.4 Å². The SMILES string of the molecule is O=C(/C(=C/O)c1cnccn1)C(F)(F)F. The van der Waals surface area contributed by atoms with Crippen molar-refractivity contribution in [1.29, 1.82) is 0 Å². The topological polar surface area (TPSA) is 63.1 Å². The lowest BCUT2D eigenvalue weighted by atomic mass is 10.1. The maximum atomic E-state index is 12.0. The first-order chi connectivity index (χ1) is 6.96. The normalized spacial score (nSPS) is 12.6. The van der Waals surface area contributed by atoms with Crippen molar-refractivity contribution in [3.63, 3.8) is 0 Å². The number of rotatable bonds is 2. The first-order valence-electron chi connectivity index (χ1n) is 3.69. The first-order valence-corrected chi connectivity index (χ1v) is 3.69. The number of hydrogen-bond donors (Lipinski definition) is 1. The summed E-state index contributed by atoms with van der Waals surface area (Å²) in [5.74, 6) is -2.16. The number of nitrogens with zero attached hydrogens (tertiary/aromatic N) is 2. The smallest absolute Gasteiger partial charge is 0.455 e. The predicted octanol–water partition coefficient (Wildman–Crippen LogP) is 1.51. The van der Waals surface area contributed by atoms with Gasteiger partial charge in [-0.25, -0.2) is 0 Å². The van der Waals surface area contributed by atoms with Crippen molar-refractivity contribution in [1.82, 2.24) is 9.97 Å². The lowest BCUT2D eigenvalue weighted by Crippen LogP contribution is -2.24. The van der Waals surface area contributed by atoms with Gasteiger partial charge in [0.05, 0.1) is 23.7 Å². The van der Waals surface area contributed by atoms with Gasteiger partial charge in [-0.1, -0.05) is 0 Å². The summed E-state index contributed by atoms with van der Waals surface area (Å²) in [6, 6.07) is 0. The maximum absolute atomic E-state index is 12.0. The van der Waals surface area contributed by atoms with E-state index < -0.39 is 17.5 Å². The van der Waals surface area contributed by atoms with Crippen LogP contribution in [-0.2, 0) is 4.79 Å². The molecule has 0 saturated carbocycles. The van der Waals surface area contributed by atoms with E-state index in [0.29, 0.717) is 0 Å². The van der Waals surface area contributed by atoms with E-state index in [1.54, 1.807) is 0 Å². The molecule has 1 aromatic rings. The van der Waals surface area contributed by atoms with Crippen LogP contribution in [0.5, 0.6) is 0 Å². The van der Waals surface area contributed by atoms with Crippen LogP contribution in [0, 0.1) is 0 Å². The van der Waals surface area contributed by atoms with Crippen molar-refractivity contribution < 1.29 is 23.1 Å². The summed E-state index contributed by atoms with van der Waals surface area (Å²) in [6.45, 7) is 0. The quantitative estimate of drug-likeness (QED) is 0.603. The number of aliphatic hydroxyl groups excluding tert-OH is 1. The number of aliphatic hydroxyl groups is 1. The molecule has 0 amide bonds. The number of aromatic nitrogens is 2. The minimum absolute atomic E-state index is 0.0693. The van der Waals surface area contributed by atoms with Gasteiger partial charge in [0.1, 0.15) is 0 Å². The average Bonchev–Trinajstić information content (AvgIpc) is 2.19. The molecular formula is C8H5F3N2O2. The van der Waals surface area contributed by atoms with E-state index >= 15 is 0 Å². The van der Waals surface area contributed by atoms with Crippen LogP contribution < -0.4 is 0 Å². The zero-order chi connectivity index (χ0) is 11.5. The fourth-order valence-corrected chi connectivity index (χ4v) is 0.832. The van der Waals surface area contributed by atoms with Crippen molar-refractivity contribution in [2.75, 3.05) is 0 Å². The molecule has 0 aliphatic carbocycles. The molecule has 7 heteroatoms. The third kappa shape index (κ3) is 2.52. The van der Waals surface area contributed by atoms with E-state index in [0.717, 1.165) is 12.4 Å². The molecule has 0 fully saturated rings. The summed E-state index contributed by atoms with van der Waals surface area (Å²) < 4.78 is 36.1. The molecule has 0 aromatic carbocycles. The fraction of sp³-hybridized carbons (Fsp3) is 0.125. The Hall–Kier alpha value is -1.92. The number of carbonyl (C=O) groups excluding carboxylic acids is 1. The lowest BCUT2D eigenvalue weighted by molar-refractivity contribution is -0.164. The zero-order valence-corrected chi connectivity index (χ0v) is 7.19. The van der Waals surface area contributed by atoms with Crippen LogP contribution in [-0.4, -0.2) is 27.0 Å². The van der Waals surface area contributed by atoms with Gasteiger partial charge in [-0.15, -0.1) is 0 Å². The molecule has 0 unspecified atom stereocenters. The zero-order valence-electron chi connectivity index (χ0n) is 7.19. The third-order valence-electron chi connectivity index (χ3n) is 1.47. The standard InChI is InChI=1S/C8H5F3N2O2/c9-8(10,11)7(15)5(4-14)6-3-12-1-2-13-6/h1-4,14H/b5-4+. The molecule has 0 radical (unpaired) electrons. The average molecular weight is 218 g/mol. The molecule has 1 rings (SSSR count). The summed E-state index contributed by atoms with van der Waals surface area (Å²) in [4.78, 5) is 17.7. The minimum atomic E-state index is -5.05. The van der Waals surface area contributed by atoms with Gasteiger partial charge >= 0.3 is 6.18 Å². The van der Waals surface area contributed by atoms with Gasteiger partial charge in [-0.3, -0.25) is 14.8 Å². The highest BCUT2D eigenvalue weighted by molar-refractivity contribution is 6.22. The van der Waals surface area contributed by atoms with E-state index in [1.165, 1.54) is 6.20 Å². The summed E-state index contributed by atoms with van der Waals surface area (Å²) in [5, 5.41) is 8.56. The van der Waals surface area contributed by atoms with Crippen LogP contribution in [0.15, 0.2) is 24.9 Å². The maximum Gasteiger partial charge on any atom is 0.455 e. The number of halogens is 3. The van der Waals surface area contributed by atoms with Gasteiger partial charge in [0.25, 0.3) is 5.78 Å². The summed E-state index contributed by atoms with van der Waals surface area (Å²) in [7, 11) is 0. The van der Waals surface area contributed by atoms with Gasteiger partial charge in [-0.05, 0) is 0 Å². The third-order valence-corrected chi connectivity index (χ3v) is 1.47. The number of allylic oxidation sites excluding steroid dienone is 1. The van der Waals surface area contributed by atoms with E-state index in [4.69, 9.17) is 5.11 Å². The molecular weight excluding hydrogens is 213 g/mol. The van der Waals surface area contributed by atoms with Gasteiger partial charge in [0.15, 0.2) is 0 Å². The highest BCUT2D eigenvalue weighted by Gasteiger charge is 2.41. The number of hydrogen-bond acceptors (Lipinski definition) is 4. The van der Waals surface area contributed by atoms with Crippen LogP contribution in [0.2, 0.25) is 0 Å². The van der Waals surface area contributed by atoms with Crippen LogP contribution in [0.4, 0.5) is 13.2 Å². The van der Waals surface area contributed by atoms with Gasteiger partial charge in [-0.2, -0.15) is 13.2 Å². The molecule has 15 heavy (non-hydrogen) atoms. The van der Waals surface area contributed by atoms with Crippen molar-refractivity contribution in [3.8, 4) is 0 Å². The van der Waals surface area contributed by atoms with Gasteiger partial charge in [0, 0.05) is 12.4 Å². The van der Waals surface area contributed by atoms with Crippen LogP contribution in [0.1, 0.15) is 5.69 Å². The first kappa shape index (κ1) is 11.2. The largest absolute Gasteiger partial charge is 0.515 e. The Labute approximate surface area is 82.1 Å². The second kappa shape index (κ2) is 4.07. The summed E-state index contributed by atoms with van der Waals surface area (Å²) in [6.07, 6.45) is -1.68. The Morgan fingerprint density at radius 3 is 2.47 bits per heavy atom. The second-order valence-corrected chi connectivity index (χ2v) is 2.46. The molecule has 0 aliphatic rings. The van der Waals surface area contributed by atoms with Crippen molar-refractivity contribution in [2.24, 2.45) is 0 Å². The van der Waals surface area contributed by atoms with Crippen LogP contribution >= 0.6 is 0 Å². The molecule has 0 aliphatic heterocycles. The second-order valence-electron chi connectivity index (χ2n) is 2.46. The molecule has 4 nitrogen and oxygen atoms in total. The molecule has 0 spiro atoms. The predicted molar refractivity (Wildman–Crippen MR) is 43.7 cm³/mol. The number of Topliss-reactive ketones (excluding diaryl/α,β-unsaturated/α-hetero) is 1. The Bertz CT molecular complexity index is 387. The van der Waals surface area contributed by atoms with Gasteiger partial charge in [0.2, 0.25) is 0 Å². The molecule has 0 saturated heterocycles. The van der Waals surface area contributed by atoms with E-state index in [1.807, 2.05) is 0 Å². The van der Waals surface area contributed by atoms with Crippen LogP contribution in [0.3, 0.4) is 0 Å². The molecule has 1 heterocycles. The van der Waals surface area contributed by atoms with E-state index in [9.17, 15) is 18.0 Å². The number of ketones is 1. The van der Waals surface area contributed by atoms with Crippen LogP contribution in [0.25, 0.3) is 5.57 Å². The number of alkyl halides is 3. The number of carbonyl (C=O) groups is 1. The Balaban J connectivity index is 3.08.